The highest BCUT2D eigenvalue weighted by molar-refractivity contribution is 5.94. The number of nitrogens with zero attached hydrogens (tertiary/aromatic N) is 1. The third kappa shape index (κ3) is 3.89. The quantitative estimate of drug-likeness (QED) is 0.862. The van der Waals surface area contributed by atoms with Gasteiger partial charge < -0.3 is 10.2 Å². The summed E-state index contributed by atoms with van der Waals surface area (Å²) < 4.78 is 37.5. The third-order valence-electron chi connectivity index (χ3n) is 3.75. The van der Waals surface area contributed by atoms with Crippen LogP contribution in [0.25, 0.3) is 0 Å². The van der Waals surface area contributed by atoms with E-state index in [0.29, 0.717) is 18.7 Å². The number of carbonyl (C=O) groups excluding carboxylic acids is 1. The molecular weight excluding hydrogens is 305 g/mol. The summed E-state index contributed by atoms with van der Waals surface area (Å²) in [5.74, 6) is -0.223. The lowest BCUT2D eigenvalue weighted by atomic mass is 10.0. The molecule has 3 nitrogen and oxygen atoms in total. The van der Waals surface area contributed by atoms with Gasteiger partial charge in [0, 0.05) is 30.7 Å². The standard InChI is InChI=1S/C14H17F3N2O.ClH/c1-9-10(2)19(8-7-18-9)13(20)11-3-5-12(6-4-11)14(15,16)17;/h3-6,9-10,18H,7-8H2,1-2H3;1H. The molecule has 1 aromatic carbocycles. The molecule has 1 fully saturated rings. The van der Waals surface area contributed by atoms with E-state index in [9.17, 15) is 18.0 Å². The summed E-state index contributed by atoms with van der Waals surface area (Å²) in [4.78, 5) is 14.0. The van der Waals surface area contributed by atoms with Crippen LogP contribution >= 0.6 is 12.4 Å². The second-order valence-electron chi connectivity index (χ2n) is 5.06. The number of nitrogens with one attached hydrogen (secondary N) is 1. The molecular formula is C14H18ClF3N2O. The van der Waals surface area contributed by atoms with Gasteiger partial charge in [0.15, 0.2) is 0 Å². The third-order valence-corrected chi connectivity index (χ3v) is 3.75. The van der Waals surface area contributed by atoms with Gasteiger partial charge in [-0.15, -0.1) is 12.4 Å². The van der Waals surface area contributed by atoms with E-state index in [1.54, 1.807) is 4.90 Å². The molecule has 2 atom stereocenters. The first-order valence-corrected chi connectivity index (χ1v) is 6.52. The predicted molar refractivity (Wildman–Crippen MR) is 76.7 cm³/mol. The number of rotatable bonds is 1. The first kappa shape index (κ1) is 17.8. The summed E-state index contributed by atoms with van der Waals surface area (Å²) >= 11 is 0. The molecule has 0 spiro atoms. The molecule has 1 heterocycles. The number of amides is 1. The Labute approximate surface area is 127 Å². The van der Waals surface area contributed by atoms with E-state index in [1.165, 1.54) is 12.1 Å². The van der Waals surface area contributed by atoms with Crippen molar-refractivity contribution in [3.63, 3.8) is 0 Å². The van der Waals surface area contributed by atoms with Crippen molar-refractivity contribution in [3.8, 4) is 0 Å². The second kappa shape index (κ2) is 6.66. The molecule has 0 radical (unpaired) electrons. The van der Waals surface area contributed by atoms with E-state index in [0.717, 1.165) is 12.1 Å². The molecule has 2 unspecified atom stereocenters. The molecule has 118 valence electrons. The van der Waals surface area contributed by atoms with E-state index < -0.39 is 11.7 Å². The van der Waals surface area contributed by atoms with Crippen LogP contribution in [0.5, 0.6) is 0 Å². The Morgan fingerprint density at radius 2 is 1.81 bits per heavy atom. The largest absolute Gasteiger partial charge is 0.416 e. The zero-order chi connectivity index (χ0) is 14.9. The maximum atomic E-state index is 12.5. The van der Waals surface area contributed by atoms with Gasteiger partial charge in [0.25, 0.3) is 5.91 Å². The number of carbonyl (C=O) groups is 1. The van der Waals surface area contributed by atoms with Crippen LogP contribution in [0.15, 0.2) is 24.3 Å². The van der Waals surface area contributed by atoms with Crippen LogP contribution in [0.3, 0.4) is 0 Å². The summed E-state index contributed by atoms with van der Waals surface area (Å²) in [5, 5.41) is 3.25. The molecule has 1 N–H and O–H groups in total. The first-order chi connectivity index (χ1) is 9.30. The van der Waals surface area contributed by atoms with Crippen molar-refractivity contribution in [2.45, 2.75) is 32.1 Å². The van der Waals surface area contributed by atoms with Gasteiger partial charge in [-0.05, 0) is 38.1 Å². The van der Waals surface area contributed by atoms with Crippen LogP contribution < -0.4 is 5.32 Å². The van der Waals surface area contributed by atoms with Gasteiger partial charge in [-0.1, -0.05) is 0 Å². The Balaban J connectivity index is 0.00000220. The molecule has 1 aliphatic rings. The SMILES string of the molecule is CC1NCCN(C(=O)c2ccc(C(F)(F)F)cc2)C1C.Cl. The average molecular weight is 323 g/mol. The highest BCUT2D eigenvalue weighted by Gasteiger charge is 2.32. The van der Waals surface area contributed by atoms with Crippen molar-refractivity contribution >= 4 is 18.3 Å². The van der Waals surface area contributed by atoms with Gasteiger partial charge in [-0.2, -0.15) is 13.2 Å². The highest BCUT2D eigenvalue weighted by atomic mass is 35.5. The van der Waals surface area contributed by atoms with Crippen molar-refractivity contribution in [1.82, 2.24) is 10.2 Å². The minimum Gasteiger partial charge on any atom is -0.333 e. The minimum absolute atomic E-state index is 0. The molecule has 1 saturated heterocycles. The summed E-state index contributed by atoms with van der Waals surface area (Å²) in [6.07, 6.45) is -4.38. The lowest BCUT2D eigenvalue weighted by Gasteiger charge is -2.38. The second-order valence-corrected chi connectivity index (χ2v) is 5.06. The van der Waals surface area contributed by atoms with Gasteiger partial charge in [-0.25, -0.2) is 0 Å². The molecule has 7 heteroatoms. The Kier molecular flexibility index (Phi) is 5.64. The maximum absolute atomic E-state index is 12.5. The smallest absolute Gasteiger partial charge is 0.333 e. The van der Waals surface area contributed by atoms with Crippen LogP contribution in [-0.2, 0) is 6.18 Å². The Bertz CT molecular complexity index is 490. The molecule has 2 rings (SSSR count). The number of piperazine rings is 1. The van der Waals surface area contributed by atoms with Crippen molar-refractivity contribution in [2.24, 2.45) is 0 Å². The van der Waals surface area contributed by atoms with E-state index in [4.69, 9.17) is 0 Å². The number of alkyl halides is 3. The summed E-state index contributed by atoms with van der Waals surface area (Å²) in [6, 6.07) is 4.56. The van der Waals surface area contributed by atoms with Crippen molar-refractivity contribution in [2.75, 3.05) is 13.1 Å². The topological polar surface area (TPSA) is 32.3 Å². The molecule has 21 heavy (non-hydrogen) atoms. The maximum Gasteiger partial charge on any atom is 0.416 e. The van der Waals surface area contributed by atoms with Crippen LogP contribution in [-0.4, -0.2) is 36.0 Å². The Morgan fingerprint density at radius 3 is 2.33 bits per heavy atom. The molecule has 1 aliphatic heterocycles. The summed E-state index contributed by atoms with van der Waals surface area (Å²) in [7, 11) is 0. The first-order valence-electron chi connectivity index (χ1n) is 6.52. The monoisotopic (exact) mass is 322 g/mol. The van der Waals surface area contributed by atoms with E-state index in [1.807, 2.05) is 13.8 Å². The normalized spacial score (nSPS) is 22.6. The van der Waals surface area contributed by atoms with Crippen LogP contribution in [0, 0.1) is 0 Å². The van der Waals surface area contributed by atoms with Gasteiger partial charge in [0.1, 0.15) is 0 Å². The summed E-state index contributed by atoms with van der Waals surface area (Å²) in [5.41, 5.74) is -0.449. The van der Waals surface area contributed by atoms with E-state index in [-0.39, 0.29) is 30.4 Å². The minimum atomic E-state index is -4.38. The molecule has 0 aromatic heterocycles. The molecule has 0 bridgehead atoms. The molecule has 0 aliphatic carbocycles. The van der Waals surface area contributed by atoms with Gasteiger partial charge in [0.2, 0.25) is 0 Å². The van der Waals surface area contributed by atoms with Gasteiger partial charge in [0.05, 0.1) is 5.56 Å². The average Bonchev–Trinajstić information content (AvgIpc) is 2.40. The predicted octanol–water partition coefficient (Wildman–Crippen LogP) is 2.95. The Hall–Kier alpha value is -1.27. The van der Waals surface area contributed by atoms with Crippen LogP contribution in [0.4, 0.5) is 13.2 Å². The van der Waals surface area contributed by atoms with Crippen molar-refractivity contribution < 1.29 is 18.0 Å². The van der Waals surface area contributed by atoms with Crippen molar-refractivity contribution in [3.05, 3.63) is 35.4 Å². The highest BCUT2D eigenvalue weighted by Crippen LogP contribution is 2.29. The van der Waals surface area contributed by atoms with Crippen LogP contribution in [0.2, 0.25) is 0 Å². The van der Waals surface area contributed by atoms with Crippen molar-refractivity contribution in [1.29, 1.82) is 0 Å². The van der Waals surface area contributed by atoms with Crippen LogP contribution in [0.1, 0.15) is 29.8 Å². The lowest BCUT2D eigenvalue weighted by molar-refractivity contribution is -0.137. The number of hydrogen-bond acceptors (Lipinski definition) is 2. The van der Waals surface area contributed by atoms with E-state index in [2.05, 4.69) is 5.32 Å². The van der Waals surface area contributed by atoms with E-state index >= 15 is 0 Å². The molecule has 1 aromatic rings. The number of benzene rings is 1. The fourth-order valence-corrected chi connectivity index (χ4v) is 2.31. The van der Waals surface area contributed by atoms with Gasteiger partial charge in [-0.3, -0.25) is 4.79 Å². The zero-order valence-electron chi connectivity index (χ0n) is 11.8. The lowest BCUT2D eigenvalue weighted by Crippen LogP contribution is -2.57. The Morgan fingerprint density at radius 1 is 1.24 bits per heavy atom. The number of halogens is 4. The van der Waals surface area contributed by atoms with Gasteiger partial charge >= 0.3 is 6.18 Å². The zero-order valence-corrected chi connectivity index (χ0v) is 12.6. The fraction of sp³-hybridized carbons (Fsp3) is 0.500. The fourth-order valence-electron chi connectivity index (χ4n) is 2.31. The summed E-state index contributed by atoms with van der Waals surface area (Å²) in [6.45, 7) is 5.17. The number of hydrogen-bond donors (Lipinski definition) is 1. The molecule has 0 saturated carbocycles. The molecule has 1 amide bonds.